The molecule has 2 aromatic rings. The molecule has 0 saturated heterocycles. The zero-order chi connectivity index (χ0) is 15.0. The van der Waals surface area contributed by atoms with Crippen LogP contribution in [0.15, 0.2) is 36.4 Å². The van der Waals surface area contributed by atoms with E-state index in [4.69, 9.17) is 0 Å². The highest BCUT2D eigenvalue weighted by Gasteiger charge is 2.31. The van der Waals surface area contributed by atoms with Gasteiger partial charge in [-0.2, -0.15) is 0 Å². The van der Waals surface area contributed by atoms with Crippen LogP contribution in [0, 0.1) is 25.5 Å². The molecule has 0 amide bonds. The fourth-order valence-corrected chi connectivity index (χ4v) is 3.01. The first-order valence-corrected chi connectivity index (χ1v) is 7.32. The molecule has 21 heavy (non-hydrogen) atoms. The van der Waals surface area contributed by atoms with E-state index in [1.165, 1.54) is 23.3 Å². The monoisotopic (exact) mass is 287 g/mol. The van der Waals surface area contributed by atoms with Crippen molar-refractivity contribution in [2.75, 3.05) is 5.32 Å². The Kier molecular flexibility index (Phi) is 3.66. The number of hydrogen-bond donors (Lipinski definition) is 1. The van der Waals surface area contributed by atoms with Crippen LogP contribution in [0.5, 0.6) is 0 Å². The lowest BCUT2D eigenvalue weighted by Crippen LogP contribution is -2.34. The standard InChI is InChI=1S/C18H19F2N/c1-11-5-3-4-6-15(11)13-8-14(9-13)21-18-10-16(19)12(2)7-17(18)20/h3-7,10,13-14,21H,8-9H2,1-2H3. The Morgan fingerprint density at radius 2 is 1.67 bits per heavy atom. The highest BCUT2D eigenvalue weighted by Crippen LogP contribution is 2.40. The summed E-state index contributed by atoms with van der Waals surface area (Å²) in [6.07, 6.45) is 1.92. The summed E-state index contributed by atoms with van der Waals surface area (Å²) in [5.74, 6) is -0.232. The molecule has 0 aromatic heterocycles. The van der Waals surface area contributed by atoms with Gasteiger partial charge in [0.1, 0.15) is 11.6 Å². The minimum absolute atomic E-state index is 0.214. The Bertz CT molecular complexity index is 660. The van der Waals surface area contributed by atoms with Crippen LogP contribution in [0.25, 0.3) is 0 Å². The van der Waals surface area contributed by atoms with Gasteiger partial charge in [0.2, 0.25) is 0 Å². The molecule has 3 heteroatoms. The summed E-state index contributed by atoms with van der Waals surface area (Å²) in [4.78, 5) is 0. The van der Waals surface area contributed by atoms with E-state index in [0.29, 0.717) is 11.5 Å². The van der Waals surface area contributed by atoms with E-state index in [2.05, 4.69) is 30.4 Å². The average Bonchev–Trinajstić information content (AvgIpc) is 2.40. The average molecular weight is 287 g/mol. The van der Waals surface area contributed by atoms with Gasteiger partial charge in [-0.3, -0.25) is 0 Å². The van der Waals surface area contributed by atoms with Crippen molar-refractivity contribution < 1.29 is 8.78 Å². The summed E-state index contributed by atoms with van der Waals surface area (Å²) in [5, 5.41) is 3.12. The lowest BCUT2D eigenvalue weighted by atomic mass is 9.74. The maximum absolute atomic E-state index is 13.8. The molecule has 3 rings (SSSR count). The van der Waals surface area contributed by atoms with Crippen LogP contribution in [0.1, 0.15) is 35.4 Å². The van der Waals surface area contributed by atoms with Crippen LogP contribution in [0.2, 0.25) is 0 Å². The molecule has 0 spiro atoms. The van der Waals surface area contributed by atoms with Crippen molar-refractivity contribution in [3.8, 4) is 0 Å². The normalized spacial score (nSPS) is 21.0. The van der Waals surface area contributed by atoms with Crippen molar-refractivity contribution in [2.45, 2.75) is 38.6 Å². The van der Waals surface area contributed by atoms with Crippen molar-refractivity contribution in [1.29, 1.82) is 0 Å². The number of benzene rings is 2. The Morgan fingerprint density at radius 3 is 2.38 bits per heavy atom. The van der Waals surface area contributed by atoms with Gasteiger partial charge >= 0.3 is 0 Å². The fourth-order valence-electron chi connectivity index (χ4n) is 3.01. The molecule has 110 valence electrons. The second-order valence-corrected chi connectivity index (χ2v) is 5.95. The minimum atomic E-state index is -0.381. The smallest absolute Gasteiger partial charge is 0.146 e. The predicted molar refractivity (Wildman–Crippen MR) is 81.7 cm³/mol. The molecule has 1 saturated carbocycles. The maximum Gasteiger partial charge on any atom is 0.146 e. The molecule has 0 unspecified atom stereocenters. The van der Waals surface area contributed by atoms with Crippen LogP contribution >= 0.6 is 0 Å². The molecule has 0 atom stereocenters. The molecule has 2 aromatic carbocycles. The number of halogens is 2. The summed E-state index contributed by atoms with van der Waals surface area (Å²) >= 11 is 0. The van der Waals surface area contributed by atoms with Crippen LogP contribution in [-0.4, -0.2) is 6.04 Å². The van der Waals surface area contributed by atoms with Crippen LogP contribution in [0.4, 0.5) is 14.5 Å². The third kappa shape index (κ3) is 2.78. The van der Waals surface area contributed by atoms with E-state index in [1.54, 1.807) is 6.92 Å². The minimum Gasteiger partial charge on any atom is -0.380 e. The third-order valence-corrected chi connectivity index (χ3v) is 4.37. The molecular formula is C18H19F2N. The summed E-state index contributed by atoms with van der Waals surface area (Å²) < 4.78 is 27.3. The zero-order valence-electron chi connectivity index (χ0n) is 12.3. The Morgan fingerprint density at radius 1 is 0.952 bits per heavy atom. The van der Waals surface area contributed by atoms with Crippen LogP contribution in [-0.2, 0) is 0 Å². The van der Waals surface area contributed by atoms with E-state index >= 15 is 0 Å². The number of anilines is 1. The Balaban J connectivity index is 1.65. The van der Waals surface area contributed by atoms with E-state index in [-0.39, 0.29) is 23.4 Å². The lowest BCUT2D eigenvalue weighted by Gasteiger charge is -2.37. The van der Waals surface area contributed by atoms with Gasteiger partial charge < -0.3 is 5.32 Å². The first-order valence-electron chi connectivity index (χ1n) is 7.32. The van der Waals surface area contributed by atoms with E-state index in [9.17, 15) is 8.78 Å². The van der Waals surface area contributed by atoms with Gasteiger partial charge in [-0.25, -0.2) is 8.78 Å². The first kappa shape index (κ1) is 14.1. The van der Waals surface area contributed by atoms with E-state index < -0.39 is 0 Å². The van der Waals surface area contributed by atoms with Crippen molar-refractivity contribution in [1.82, 2.24) is 0 Å². The first-order chi connectivity index (χ1) is 10.0. The van der Waals surface area contributed by atoms with Gasteiger partial charge in [-0.1, -0.05) is 24.3 Å². The van der Waals surface area contributed by atoms with Crippen molar-refractivity contribution in [3.63, 3.8) is 0 Å². The van der Waals surface area contributed by atoms with E-state index in [0.717, 1.165) is 12.8 Å². The highest BCUT2D eigenvalue weighted by molar-refractivity contribution is 5.48. The fraction of sp³-hybridized carbons (Fsp3) is 0.333. The maximum atomic E-state index is 13.8. The topological polar surface area (TPSA) is 12.0 Å². The molecule has 1 nitrogen and oxygen atoms in total. The molecule has 0 radical (unpaired) electrons. The summed E-state index contributed by atoms with van der Waals surface area (Å²) in [7, 11) is 0. The Labute approximate surface area is 124 Å². The number of aryl methyl sites for hydroxylation is 2. The van der Waals surface area contributed by atoms with Gasteiger partial charge in [0, 0.05) is 12.1 Å². The molecule has 1 fully saturated rings. The van der Waals surface area contributed by atoms with Gasteiger partial charge in [0.05, 0.1) is 5.69 Å². The van der Waals surface area contributed by atoms with Gasteiger partial charge in [-0.05, 0) is 55.4 Å². The molecule has 0 bridgehead atoms. The molecule has 1 N–H and O–H groups in total. The molecule has 1 aliphatic rings. The van der Waals surface area contributed by atoms with Crippen molar-refractivity contribution in [3.05, 3.63) is 64.7 Å². The SMILES string of the molecule is Cc1cc(F)c(NC2CC(c3ccccc3C)C2)cc1F. The number of nitrogens with one attached hydrogen (secondary N) is 1. The molecular weight excluding hydrogens is 268 g/mol. The van der Waals surface area contributed by atoms with Crippen molar-refractivity contribution in [2.24, 2.45) is 0 Å². The summed E-state index contributed by atoms with van der Waals surface area (Å²) in [6, 6.07) is 11.1. The highest BCUT2D eigenvalue weighted by atomic mass is 19.1. The van der Waals surface area contributed by atoms with Gasteiger partial charge in [-0.15, -0.1) is 0 Å². The second kappa shape index (κ2) is 5.47. The van der Waals surface area contributed by atoms with Crippen molar-refractivity contribution >= 4 is 5.69 Å². The predicted octanol–water partition coefficient (Wildman–Crippen LogP) is 4.94. The number of hydrogen-bond acceptors (Lipinski definition) is 1. The number of rotatable bonds is 3. The largest absolute Gasteiger partial charge is 0.380 e. The lowest BCUT2D eigenvalue weighted by molar-refractivity contribution is 0.371. The zero-order valence-corrected chi connectivity index (χ0v) is 12.3. The van der Waals surface area contributed by atoms with Crippen LogP contribution in [0.3, 0.4) is 0 Å². The van der Waals surface area contributed by atoms with Gasteiger partial charge in [0.15, 0.2) is 0 Å². The molecule has 1 aliphatic carbocycles. The second-order valence-electron chi connectivity index (χ2n) is 5.95. The molecule has 0 aliphatic heterocycles. The third-order valence-electron chi connectivity index (χ3n) is 4.37. The van der Waals surface area contributed by atoms with E-state index in [1.807, 2.05) is 6.07 Å². The quantitative estimate of drug-likeness (QED) is 0.843. The Hall–Kier alpha value is -1.90. The molecule has 0 heterocycles. The summed E-state index contributed by atoms with van der Waals surface area (Å²) in [5.41, 5.74) is 3.27. The van der Waals surface area contributed by atoms with Crippen LogP contribution < -0.4 is 5.32 Å². The van der Waals surface area contributed by atoms with Gasteiger partial charge in [0.25, 0.3) is 0 Å². The summed E-state index contributed by atoms with van der Waals surface area (Å²) in [6.45, 7) is 3.69.